The molecule has 4 aliphatic rings. The number of amidine groups is 1. The van der Waals surface area contributed by atoms with Crippen molar-refractivity contribution in [2.24, 2.45) is 10.9 Å². The number of likely N-dealkylation sites (tertiary alicyclic amines) is 1. The Morgan fingerprint density at radius 2 is 1.77 bits per heavy atom. The van der Waals surface area contributed by atoms with E-state index in [2.05, 4.69) is 24.8 Å². The minimum atomic E-state index is -0.537. The maximum absolute atomic E-state index is 14.3. The maximum Gasteiger partial charge on any atom is 0.263 e. The molecule has 8 nitrogen and oxygen atoms in total. The van der Waals surface area contributed by atoms with E-state index in [0.717, 1.165) is 40.7 Å². The molecular formula is C33H41Cl2N5O3S. The topological polar surface area (TPSA) is 76.5 Å². The number of carbonyl (C=O) groups is 3. The first-order valence-corrected chi connectivity index (χ1v) is 16.8. The van der Waals surface area contributed by atoms with Crippen molar-refractivity contribution in [2.75, 3.05) is 27.2 Å². The SMILES string of the molecule is CC(=O)N(C)[C@@H](C)CN(C)C(=O)[C@@H]1CCCN1C(=O)C1=C(C(C)C)N2C(=N[C@@H](C3=CC=C(Cl)CC3)[C@H]2c2ccc(Cl)cc2)S1. The molecule has 1 aliphatic carbocycles. The van der Waals surface area contributed by atoms with Gasteiger partial charge in [0.2, 0.25) is 11.8 Å². The minimum absolute atomic E-state index is 0.0415. The molecule has 3 amide bonds. The van der Waals surface area contributed by atoms with E-state index in [4.69, 9.17) is 28.2 Å². The maximum atomic E-state index is 14.3. The van der Waals surface area contributed by atoms with Crippen LogP contribution in [0.5, 0.6) is 0 Å². The third-order valence-electron chi connectivity index (χ3n) is 9.05. The Morgan fingerprint density at radius 1 is 1.07 bits per heavy atom. The van der Waals surface area contributed by atoms with Gasteiger partial charge in [0.05, 0.1) is 12.1 Å². The first kappa shape index (κ1) is 32.6. The average molecular weight is 659 g/mol. The van der Waals surface area contributed by atoms with Crippen molar-refractivity contribution in [3.05, 3.63) is 68.2 Å². The number of benzene rings is 1. The first-order chi connectivity index (χ1) is 20.9. The third-order valence-corrected chi connectivity index (χ3v) is 10.7. The van der Waals surface area contributed by atoms with Crippen LogP contribution in [0.25, 0.3) is 0 Å². The molecule has 11 heteroatoms. The van der Waals surface area contributed by atoms with Crippen molar-refractivity contribution in [1.82, 2.24) is 19.6 Å². The lowest BCUT2D eigenvalue weighted by atomic mass is 9.88. The molecule has 4 atom stereocenters. The van der Waals surface area contributed by atoms with E-state index in [1.807, 2.05) is 37.3 Å². The number of fused-ring (bicyclic) bond motifs is 1. The molecule has 0 N–H and O–H groups in total. The summed E-state index contributed by atoms with van der Waals surface area (Å²) in [7, 11) is 3.49. The number of nitrogens with zero attached hydrogens (tertiary/aromatic N) is 5. The van der Waals surface area contributed by atoms with Gasteiger partial charge < -0.3 is 19.6 Å². The molecule has 0 saturated carbocycles. The number of hydrogen-bond acceptors (Lipinski definition) is 6. The summed E-state index contributed by atoms with van der Waals surface area (Å²) in [4.78, 5) is 53.0. The second kappa shape index (κ2) is 13.3. The fraction of sp³-hybridized carbons (Fsp3) is 0.515. The molecule has 0 unspecified atom stereocenters. The van der Waals surface area contributed by atoms with Crippen molar-refractivity contribution < 1.29 is 14.4 Å². The van der Waals surface area contributed by atoms with Crippen LogP contribution in [-0.2, 0) is 14.4 Å². The van der Waals surface area contributed by atoms with Gasteiger partial charge in [0.1, 0.15) is 10.9 Å². The van der Waals surface area contributed by atoms with Gasteiger partial charge in [-0.2, -0.15) is 0 Å². The molecule has 0 bridgehead atoms. The number of carbonyl (C=O) groups excluding carboxylic acids is 3. The standard InChI is InChI=1S/C33H41Cl2N5O3S/c1-19(2)28-30(32(43)39-17-7-8-26(39)31(42)37(5)18-20(3)38(6)21(4)41)44-33-36-27(22-9-13-24(34)14-10-22)29(40(28)33)23-11-15-25(35)16-12-23/h9,11-13,15-16,19-20,26-27,29H,7-8,10,14,17-18H2,1-6H3/t20-,26-,27-,29+/m0/s1. The lowest BCUT2D eigenvalue weighted by molar-refractivity contribution is -0.142. The Hall–Kier alpha value is -2.75. The fourth-order valence-corrected chi connectivity index (χ4v) is 8.09. The van der Waals surface area contributed by atoms with E-state index >= 15 is 0 Å². The predicted molar refractivity (Wildman–Crippen MR) is 178 cm³/mol. The van der Waals surface area contributed by atoms with Crippen LogP contribution in [-0.4, -0.2) is 87.8 Å². The van der Waals surface area contributed by atoms with Crippen LogP contribution in [0.3, 0.4) is 0 Å². The minimum Gasteiger partial charge on any atom is -0.342 e. The van der Waals surface area contributed by atoms with Crippen molar-refractivity contribution >= 4 is 57.9 Å². The van der Waals surface area contributed by atoms with E-state index in [-0.39, 0.29) is 41.8 Å². The summed E-state index contributed by atoms with van der Waals surface area (Å²) < 4.78 is 0. The van der Waals surface area contributed by atoms with Crippen molar-refractivity contribution in [3.8, 4) is 0 Å². The van der Waals surface area contributed by atoms with E-state index in [1.54, 1.807) is 28.8 Å². The summed E-state index contributed by atoms with van der Waals surface area (Å²) in [5.74, 6) is -0.223. The van der Waals surface area contributed by atoms with Gasteiger partial charge in [0, 0.05) is 55.9 Å². The number of allylic oxidation sites excluding steroid dienone is 4. The quantitative estimate of drug-likeness (QED) is 0.333. The van der Waals surface area contributed by atoms with Gasteiger partial charge in [0.15, 0.2) is 5.17 Å². The number of aliphatic imine (C=N–C) groups is 1. The zero-order chi connectivity index (χ0) is 31.9. The average Bonchev–Trinajstić information content (AvgIpc) is 3.71. The van der Waals surface area contributed by atoms with Crippen LogP contribution in [0.15, 0.2) is 62.6 Å². The first-order valence-electron chi connectivity index (χ1n) is 15.3. The third kappa shape index (κ3) is 6.33. The lowest BCUT2D eigenvalue weighted by Crippen LogP contribution is -2.50. The van der Waals surface area contributed by atoms with Gasteiger partial charge in [-0.15, -0.1) is 0 Å². The smallest absolute Gasteiger partial charge is 0.263 e. The second-order valence-corrected chi connectivity index (χ2v) is 14.3. The zero-order valence-corrected chi connectivity index (χ0v) is 28.5. The van der Waals surface area contributed by atoms with Crippen LogP contribution in [0.2, 0.25) is 5.02 Å². The molecule has 1 aromatic carbocycles. The Labute approximate surface area is 274 Å². The number of hydrogen-bond donors (Lipinski definition) is 0. The van der Waals surface area contributed by atoms with Gasteiger partial charge in [-0.25, -0.2) is 0 Å². The zero-order valence-electron chi connectivity index (χ0n) is 26.2. The predicted octanol–water partition coefficient (Wildman–Crippen LogP) is 6.19. The monoisotopic (exact) mass is 657 g/mol. The summed E-state index contributed by atoms with van der Waals surface area (Å²) in [6.45, 7) is 8.57. The molecule has 0 radical (unpaired) electrons. The van der Waals surface area contributed by atoms with Crippen molar-refractivity contribution in [3.63, 3.8) is 0 Å². The molecule has 1 aromatic rings. The van der Waals surface area contributed by atoms with Gasteiger partial charge in [0.25, 0.3) is 5.91 Å². The highest BCUT2D eigenvalue weighted by Gasteiger charge is 2.49. The van der Waals surface area contributed by atoms with E-state index < -0.39 is 6.04 Å². The van der Waals surface area contributed by atoms with Crippen LogP contribution in [0.4, 0.5) is 0 Å². The summed E-state index contributed by atoms with van der Waals surface area (Å²) in [6.07, 6.45) is 7.05. The fourth-order valence-electron chi connectivity index (χ4n) is 6.51. The second-order valence-electron chi connectivity index (χ2n) is 12.4. The van der Waals surface area contributed by atoms with Crippen LogP contribution >= 0.6 is 35.0 Å². The Morgan fingerprint density at radius 3 is 2.39 bits per heavy atom. The molecule has 44 heavy (non-hydrogen) atoms. The highest BCUT2D eigenvalue weighted by molar-refractivity contribution is 8.18. The lowest BCUT2D eigenvalue weighted by Gasteiger charge is -2.33. The summed E-state index contributed by atoms with van der Waals surface area (Å²) >= 11 is 14.0. The van der Waals surface area contributed by atoms with E-state index in [9.17, 15) is 14.4 Å². The van der Waals surface area contributed by atoms with Gasteiger partial charge >= 0.3 is 0 Å². The molecule has 3 aliphatic heterocycles. The molecule has 1 fully saturated rings. The Kier molecular flexibility index (Phi) is 9.87. The van der Waals surface area contributed by atoms with E-state index in [1.165, 1.54) is 24.3 Å². The molecule has 0 aromatic heterocycles. The summed E-state index contributed by atoms with van der Waals surface area (Å²) in [6, 6.07) is 6.97. The molecule has 236 valence electrons. The highest BCUT2D eigenvalue weighted by Crippen LogP contribution is 2.51. The number of likely N-dealkylation sites (N-methyl/N-ethyl adjacent to an activating group) is 2. The Bertz CT molecular complexity index is 1450. The van der Waals surface area contributed by atoms with Gasteiger partial charge in [-0.1, -0.05) is 55.3 Å². The largest absolute Gasteiger partial charge is 0.342 e. The highest BCUT2D eigenvalue weighted by atomic mass is 35.5. The summed E-state index contributed by atoms with van der Waals surface area (Å²) in [5, 5.41) is 2.32. The van der Waals surface area contributed by atoms with Gasteiger partial charge in [-0.3, -0.25) is 19.4 Å². The van der Waals surface area contributed by atoms with Crippen molar-refractivity contribution in [1.29, 1.82) is 0 Å². The van der Waals surface area contributed by atoms with Crippen LogP contribution < -0.4 is 0 Å². The molecule has 0 spiro atoms. The normalized spacial score (nSPS) is 23.8. The number of halogens is 2. The van der Waals surface area contributed by atoms with Gasteiger partial charge in [-0.05, 0) is 79.6 Å². The Balaban J connectivity index is 1.45. The number of thioether (sulfide) groups is 1. The molecular weight excluding hydrogens is 617 g/mol. The summed E-state index contributed by atoms with van der Waals surface area (Å²) in [5.41, 5.74) is 3.23. The van der Waals surface area contributed by atoms with Crippen LogP contribution in [0.1, 0.15) is 65.0 Å². The van der Waals surface area contributed by atoms with Crippen LogP contribution in [0, 0.1) is 5.92 Å². The van der Waals surface area contributed by atoms with E-state index in [0.29, 0.717) is 29.4 Å². The molecule has 5 rings (SSSR count). The van der Waals surface area contributed by atoms with Crippen molar-refractivity contribution in [2.45, 2.75) is 77.5 Å². The number of amides is 3. The molecule has 3 heterocycles. The number of rotatable bonds is 8. The molecule has 1 saturated heterocycles.